The minimum Gasteiger partial charge on any atom is -0.735 e. The Morgan fingerprint density at radius 2 is 0.945 bits per heavy atom. The summed E-state index contributed by atoms with van der Waals surface area (Å²) in [7, 11) is -28.8. The zero-order chi connectivity index (χ0) is 67.9. The number of ketones is 2. The van der Waals surface area contributed by atoms with E-state index in [2.05, 4.69) is 22.0 Å². The van der Waals surface area contributed by atoms with Crippen LogP contribution in [-0.2, 0) is 121 Å². The molecule has 4 aliphatic heterocycles. The number of carboxylic acid groups (broad SMARTS) is 2. The normalized spacial score (nSPS) is 32.7. The molecular formula is C46H55N2O38S5-7. The van der Waals surface area contributed by atoms with Gasteiger partial charge >= 0.3 is 0 Å². The third-order valence-corrected chi connectivity index (χ3v) is 16.2. The van der Waals surface area contributed by atoms with Crippen molar-refractivity contribution < 1.29 is 174 Å². The lowest BCUT2D eigenvalue weighted by Crippen LogP contribution is -2.71. The topological polar surface area (TPSA) is 633 Å². The van der Waals surface area contributed by atoms with Crippen LogP contribution < -0.4 is 20.3 Å². The lowest BCUT2D eigenvalue weighted by molar-refractivity contribution is -0.383. The molecule has 6 N–H and O–H groups in total. The summed E-state index contributed by atoms with van der Waals surface area (Å²) in [5, 5.41) is 73.7. The second kappa shape index (κ2) is 31.1. The summed E-state index contributed by atoms with van der Waals surface area (Å²) >= 11 is 0. The molecule has 8 unspecified atom stereocenters. The van der Waals surface area contributed by atoms with Gasteiger partial charge in [-0.15, -0.1) is 0 Å². The third-order valence-electron chi connectivity index (χ3n) is 13.9. The number of rotatable bonds is 31. The molecule has 4 saturated heterocycles. The molecule has 0 spiro atoms. The van der Waals surface area contributed by atoms with Crippen molar-refractivity contribution in [2.24, 2.45) is 0 Å². The first-order valence-corrected chi connectivity index (χ1v) is 32.9. The molecule has 0 radical (unpaired) electrons. The zero-order valence-electron chi connectivity index (χ0n) is 46.4. The highest BCUT2D eigenvalue weighted by atomic mass is 32.3. The van der Waals surface area contributed by atoms with Gasteiger partial charge in [0.2, 0.25) is 47.5 Å². The van der Waals surface area contributed by atoms with Gasteiger partial charge < -0.3 is 106 Å². The fraction of sp³-hybridized carbons (Fsp3) is 0.630. The van der Waals surface area contributed by atoms with Crippen LogP contribution in [0.2, 0.25) is 0 Å². The molecule has 514 valence electrons. The average molecular weight is 1400 g/mol. The number of carbonyl (C=O) groups excluding carboxylic acids is 5. The molecule has 0 aliphatic carbocycles. The molecule has 2 aromatic carbocycles. The van der Waals surface area contributed by atoms with Gasteiger partial charge in [0, 0.05) is 36.6 Å². The van der Waals surface area contributed by atoms with Gasteiger partial charge in [-0.25, -0.2) is 46.8 Å². The van der Waals surface area contributed by atoms with Crippen LogP contribution in [0, 0.1) is 0 Å². The van der Waals surface area contributed by atoms with Crippen LogP contribution in [0.3, 0.4) is 0 Å². The summed E-state index contributed by atoms with van der Waals surface area (Å²) in [6.45, 7) is -2.29. The molecule has 1 amide bonds. The Morgan fingerprint density at radius 1 is 0.505 bits per heavy atom. The molecule has 4 heterocycles. The van der Waals surface area contributed by atoms with Gasteiger partial charge in [-0.05, 0) is 19.8 Å². The van der Waals surface area contributed by atoms with Crippen LogP contribution in [0.1, 0.15) is 65.3 Å². The number of carbonyl (C=O) groups is 5. The molecule has 20 atom stereocenters. The number of amides is 1. The van der Waals surface area contributed by atoms with E-state index in [0.717, 1.165) is 14.0 Å². The minimum atomic E-state index is -6.28. The van der Waals surface area contributed by atoms with E-state index in [0.29, 0.717) is 5.56 Å². The standard InChI is InChI=1S/C46H62N2O38S5/c1-19-27(48-87(60,61)62)30(52)34(24(78-19)17-76-88(63,64)65)80-46-39(86-91(72,73)74)33(55)37(41(84-46)43(58)59)82-44-28(47-26(50)12-8-4-7-11-23(49)20-13-15-22(16-14-20)29(51)21-9-5-3-6-10-21)31(53)35(25(79-44)18-77-89(66,67)68)81-45-38(85-90(69,70)71)32(54)36(75-2)40(83-45)42(56)57/h3,5-6,9-10,13-16,19,24-25,27-28,30-41,44-46,48,52-55H,4,7-8,11-12,17-18H2,1-2H3,(H,47,50)(H,56,57)(H,58,59)(H,60,61,62)(H,63,64,65)(H,66,67,68)(H,69,70,71)(H,72,73,74)/p-7/t19-,24?,25?,27+,28-,30?,31?,32+,33+,34-,35-,36+,37-,38?,39?,40?,41?,44-,45+,46+/m0/s1. The number of hydrogen-bond acceptors (Lipinski definition) is 38. The van der Waals surface area contributed by atoms with Gasteiger partial charge in [-0.1, -0.05) is 61.0 Å². The van der Waals surface area contributed by atoms with E-state index in [1.54, 1.807) is 30.3 Å². The first-order valence-electron chi connectivity index (χ1n) is 26.1. The molecular weight excluding hydrogens is 1350 g/mol. The van der Waals surface area contributed by atoms with Crippen molar-refractivity contribution in [2.75, 3.05) is 20.3 Å². The largest absolute Gasteiger partial charge is 0.735 e. The van der Waals surface area contributed by atoms with Gasteiger partial charge in [0.1, 0.15) is 79.3 Å². The maximum Gasteiger partial charge on any atom is 0.220 e. The quantitative estimate of drug-likeness (QED) is 0.0177. The Kier molecular flexibility index (Phi) is 25.6. The fourth-order valence-corrected chi connectivity index (χ4v) is 12.1. The Morgan fingerprint density at radius 3 is 1.42 bits per heavy atom. The molecule has 40 nitrogen and oxygen atoms in total. The average Bonchev–Trinajstić information content (AvgIpc) is 0.776. The summed E-state index contributed by atoms with van der Waals surface area (Å²) in [5.41, 5.74) is 0.870. The number of aliphatic hydroxyl groups excluding tert-OH is 4. The van der Waals surface area contributed by atoms with Crippen LogP contribution in [0.25, 0.3) is 0 Å². The predicted octanol–water partition coefficient (Wildman–Crippen LogP) is -9.33. The van der Waals surface area contributed by atoms with Crippen LogP contribution in [0.5, 0.6) is 0 Å². The van der Waals surface area contributed by atoms with E-state index in [9.17, 15) is 119 Å². The van der Waals surface area contributed by atoms with Gasteiger partial charge in [-0.2, -0.15) is 0 Å². The Balaban J connectivity index is 1.34. The minimum absolute atomic E-state index is 0.0607. The highest BCUT2D eigenvalue weighted by molar-refractivity contribution is 7.83. The van der Waals surface area contributed by atoms with Crippen LogP contribution >= 0.6 is 0 Å². The molecule has 2 aromatic rings. The number of carboxylic acids is 2. The number of unbranched alkanes of at least 4 members (excludes halogenated alkanes) is 2. The summed E-state index contributed by atoms with van der Waals surface area (Å²) in [5.74, 6) is -6.74. The first kappa shape index (κ1) is 75.1. The van der Waals surface area contributed by atoms with Crippen molar-refractivity contribution >= 4 is 81.3 Å². The van der Waals surface area contributed by atoms with Crippen molar-refractivity contribution in [1.82, 2.24) is 10.0 Å². The number of nitrogens with one attached hydrogen (secondary N) is 2. The smallest absolute Gasteiger partial charge is 0.220 e. The van der Waals surface area contributed by atoms with Crippen LogP contribution in [0.15, 0.2) is 54.6 Å². The summed E-state index contributed by atoms with van der Waals surface area (Å²) in [6.07, 6.45) is -48.5. The highest BCUT2D eigenvalue weighted by Crippen LogP contribution is 2.37. The van der Waals surface area contributed by atoms with Crippen molar-refractivity contribution in [3.8, 4) is 0 Å². The summed E-state index contributed by atoms with van der Waals surface area (Å²) in [6, 6.07) is 9.27. The summed E-state index contributed by atoms with van der Waals surface area (Å²) in [4.78, 5) is 65.0. The second-order valence-electron chi connectivity index (χ2n) is 20.1. The van der Waals surface area contributed by atoms with Crippen LogP contribution in [0.4, 0.5) is 0 Å². The first-order chi connectivity index (χ1) is 42.2. The molecule has 0 aromatic heterocycles. The maximum atomic E-state index is 13.9. The van der Waals surface area contributed by atoms with Crippen molar-refractivity contribution in [1.29, 1.82) is 0 Å². The van der Waals surface area contributed by atoms with Crippen LogP contribution in [-0.4, -0.2) is 258 Å². The number of ether oxygens (including phenoxy) is 8. The van der Waals surface area contributed by atoms with E-state index < -0.39 is 218 Å². The molecule has 0 saturated carbocycles. The fourth-order valence-electron chi connectivity index (χ4n) is 9.89. The van der Waals surface area contributed by atoms with E-state index in [-0.39, 0.29) is 42.6 Å². The van der Waals surface area contributed by atoms with Crippen molar-refractivity contribution in [2.45, 2.75) is 162 Å². The van der Waals surface area contributed by atoms with Gasteiger partial charge in [0.05, 0.1) is 37.3 Å². The zero-order valence-corrected chi connectivity index (χ0v) is 50.5. The van der Waals surface area contributed by atoms with Gasteiger partial charge in [-0.3, -0.25) is 31.1 Å². The van der Waals surface area contributed by atoms with Crippen molar-refractivity contribution in [3.05, 3.63) is 71.3 Å². The number of hydrogen-bond donors (Lipinski definition) is 6. The Bertz CT molecular complexity index is 3460. The third kappa shape index (κ3) is 21.3. The molecule has 0 bridgehead atoms. The van der Waals surface area contributed by atoms with E-state index >= 15 is 0 Å². The lowest BCUT2D eigenvalue weighted by atomic mass is 9.93. The molecule has 91 heavy (non-hydrogen) atoms. The monoisotopic (exact) mass is 1400 g/mol. The number of Topliss-reactive ketones (excluding diaryl/α,β-unsaturated/α-hetero) is 1. The van der Waals surface area contributed by atoms with Crippen molar-refractivity contribution in [3.63, 3.8) is 0 Å². The SMILES string of the molecule is CO[C@H]1C(C(=O)[O-])O[C@@H](O[C@H]2C(COS(=O)(=O)[O-])O[C@@H](O[C@@H]3C(C(=O)[O-])O[C@@H](O[C@H]4C(COS(=O)(=O)[O-])O[C@@H](C)[C@@H](NS(=O)(=O)[O-])C4O)C(OS(=O)(=O)[O-])[C@@H]3O)[C@@H](NC(=O)CCCCCC(=O)c3ccc(C(=O)c4ccccc4)cc3)C2O)C(OS(=O)(=O)[O-])[C@@H]1O. The Labute approximate surface area is 516 Å². The van der Waals surface area contributed by atoms with E-state index in [1.807, 2.05) is 0 Å². The molecule has 4 fully saturated rings. The number of methoxy groups -OCH3 is 1. The second-order valence-corrected chi connectivity index (χ2v) is 25.4. The molecule has 45 heteroatoms. The molecule has 6 rings (SSSR count). The molecule has 4 aliphatic rings. The van der Waals surface area contributed by atoms with E-state index in [4.69, 9.17) is 37.9 Å². The van der Waals surface area contributed by atoms with Gasteiger partial charge in [0.25, 0.3) is 0 Å². The van der Waals surface area contributed by atoms with Gasteiger partial charge in [0.15, 0.2) is 52.9 Å². The number of aliphatic carboxylic acids is 2. The summed E-state index contributed by atoms with van der Waals surface area (Å²) < 4.78 is 239. The maximum absolute atomic E-state index is 13.9. The highest BCUT2D eigenvalue weighted by Gasteiger charge is 2.58. The number of benzene rings is 2. The number of aliphatic hydroxyl groups is 4. The Hall–Kier alpha value is -4.94. The van der Waals surface area contributed by atoms with E-state index in [1.165, 1.54) is 29.0 Å². The lowest BCUT2D eigenvalue weighted by Gasteiger charge is -2.51. The predicted molar refractivity (Wildman–Crippen MR) is 272 cm³/mol.